The maximum Gasteiger partial charge on any atom is 0.229 e. The number of hydrogen-bond acceptors (Lipinski definition) is 5. The van der Waals surface area contributed by atoms with Crippen LogP contribution in [0.1, 0.15) is 25.2 Å². The number of benzene rings is 1. The van der Waals surface area contributed by atoms with Crippen molar-refractivity contribution in [3.63, 3.8) is 0 Å². The van der Waals surface area contributed by atoms with E-state index < -0.39 is 0 Å². The summed E-state index contributed by atoms with van der Waals surface area (Å²) < 4.78 is 10.9. The summed E-state index contributed by atoms with van der Waals surface area (Å²) in [7, 11) is 1.74. The highest BCUT2D eigenvalue weighted by molar-refractivity contribution is 5.70. The number of methoxy groups -OCH3 is 1. The molecular weight excluding hydrogens is 242 g/mol. The minimum absolute atomic E-state index is 0.105. The van der Waals surface area contributed by atoms with Crippen molar-refractivity contribution in [3.8, 4) is 11.4 Å². The lowest BCUT2D eigenvalue weighted by molar-refractivity contribution is -0.0751. The lowest BCUT2D eigenvalue weighted by Crippen LogP contribution is -2.41. The number of rotatable bonds is 4. The van der Waals surface area contributed by atoms with Crippen molar-refractivity contribution in [2.45, 2.75) is 31.3 Å². The van der Waals surface area contributed by atoms with Crippen LogP contribution in [0.4, 0.5) is 5.69 Å². The second kappa shape index (κ2) is 4.66. The van der Waals surface area contributed by atoms with Crippen LogP contribution >= 0.6 is 0 Å². The second-order valence-corrected chi connectivity index (χ2v) is 5.02. The highest BCUT2D eigenvalue weighted by atomic mass is 16.5. The Morgan fingerprint density at radius 3 is 2.79 bits per heavy atom. The van der Waals surface area contributed by atoms with Crippen molar-refractivity contribution in [2.75, 3.05) is 12.8 Å². The van der Waals surface area contributed by atoms with Crippen LogP contribution in [-0.4, -0.2) is 22.9 Å². The third kappa shape index (κ3) is 2.21. The Morgan fingerprint density at radius 2 is 2.16 bits per heavy atom. The van der Waals surface area contributed by atoms with Crippen molar-refractivity contribution in [3.05, 3.63) is 30.2 Å². The summed E-state index contributed by atoms with van der Waals surface area (Å²) in [6, 6.07) is 7.51. The monoisotopic (exact) mass is 259 g/mol. The van der Waals surface area contributed by atoms with Crippen molar-refractivity contribution < 1.29 is 9.26 Å². The first-order chi connectivity index (χ1) is 9.22. The third-order valence-corrected chi connectivity index (χ3v) is 3.84. The van der Waals surface area contributed by atoms with Gasteiger partial charge in [0.1, 0.15) is 0 Å². The molecule has 1 heterocycles. The summed E-state index contributed by atoms with van der Waals surface area (Å²) in [4.78, 5) is 4.42. The minimum Gasteiger partial charge on any atom is -0.398 e. The summed E-state index contributed by atoms with van der Waals surface area (Å²) >= 11 is 0. The van der Waals surface area contributed by atoms with E-state index in [1.165, 1.54) is 6.42 Å². The van der Waals surface area contributed by atoms with Crippen LogP contribution in [0.2, 0.25) is 0 Å². The first kappa shape index (κ1) is 12.2. The van der Waals surface area contributed by atoms with Gasteiger partial charge in [-0.2, -0.15) is 4.98 Å². The zero-order valence-electron chi connectivity index (χ0n) is 10.9. The van der Waals surface area contributed by atoms with Crippen LogP contribution in [0.15, 0.2) is 28.8 Å². The molecule has 1 aromatic heterocycles. The molecule has 0 spiro atoms. The molecule has 0 atom stereocenters. The molecule has 1 aromatic carbocycles. The molecule has 0 amide bonds. The Labute approximate surface area is 111 Å². The quantitative estimate of drug-likeness (QED) is 0.853. The van der Waals surface area contributed by atoms with E-state index in [2.05, 4.69) is 10.1 Å². The number of anilines is 1. The van der Waals surface area contributed by atoms with Crippen LogP contribution in [0.25, 0.3) is 11.4 Å². The van der Waals surface area contributed by atoms with Crippen LogP contribution in [0.3, 0.4) is 0 Å². The number of aromatic nitrogens is 2. The van der Waals surface area contributed by atoms with Crippen molar-refractivity contribution in [1.82, 2.24) is 10.1 Å². The van der Waals surface area contributed by atoms with Crippen molar-refractivity contribution in [2.24, 2.45) is 0 Å². The van der Waals surface area contributed by atoms with E-state index in [1.807, 2.05) is 24.3 Å². The first-order valence-corrected chi connectivity index (χ1v) is 6.45. The molecule has 100 valence electrons. The lowest BCUT2D eigenvalue weighted by atomic mass is 9.77. The molecule has 0 saturated heterocycles. The van der Waals surface area contributed by atoms with Gasteiger partial charge in [-0.15, -0.1) is 0 Å². The summed E-state index contributed by atoms with van der Waals surface area (Å²) in [5.74, 6) is 1.15. The lowest BCUT2D eigenvalue weighted by Gasteiger charge is -2.39. The Morgan fingerprint density at radius 1 is 1.37 bits per heavy atom. The fourth-order valence-electron chi connectivity index (χ4n) is 2.44. The van der Waals surface area contributed by atoms with E-state index in [1.54, 1.807) is 7.11 Å². The molecule has 1 fully saturated rings. The molecule has 3 rings (SSSR count). The van der Waals surface area contributed by atoms with E-state index in [0.717, 1.165) is 18.4 Å². The van der Waals surface area contributed by atoms with Crippen molar-refractivity contribution >= 4 is 5.69 Å². The predicted octanol–water partition coefficient (Wildman–Crippen LogP) is 2.43. The van der Waals surface area contributed by atoms with Crippen LogP contribution < -0.4 is 5.73 Å². The largest absolute Gasteiger partial charge is 0.398 e. The molecular formula is C14H17N3O2. The molecule has 19 heavy (non-hydrogen) atoms. The zero-order valence-corrected chi connectivity index (χ0v) is 10.9. The van der Waals surface area contributed by atoms with Gasteiger partial charge in [-0.3, -0.25) is 0 Å². The summed E-state index contributed by atoms with van der Waals surface area (Å²) in [6.45, 7) is 0. The molecule has 1 aliphatic rings. The summed E-state index contributed by atoms with van der Waals surface area (Å²) in [5, 5.41) is 4.00. The van der Waals surface area contributed by atoms with Gasteiger partial charge < -0.3 is 15.0 Å². The van der Waals surface area contributed by atoms with E-state index in [-0.39, 0.29) is 5.60 Å². The average molecular weight is 259 g/mol. The van der Waals surface area contributed by atoms with E-state index >= 15 is 0 Å². The SMILES string of the molecule is COC1(Cc2nc(-c3ccccc3N)no2)CCC1. The van der Waals surface area contributed by atoms with Crippen LogP contribution in [-0.2, 0) is 11.2 Å². The number of hydrogen-bond donors (Lipinski definition) is 1. The molecule has 2 N–H and O–H groups in total. The van der Waals surface area contributed by atoms with Gasteiger partial charge in [0, 0.05) is 18.4 Å². The predicted molar refractivity (Wildman–Crippen MR) is 71.4 cm³/mol. The molecule has 5 nitrogen and oxygen atoms in total. The maximum absolute atomic E-state index is 5.91. The minimum atomic E-state index is -0.105. The molecule has 5 heteroatoms. The van der Waals surface area contributed by atoms with Crippen LogP contribution in [0.5, 0.6) is 0 Å². The van der Waals surface area contributed by atoms with E-state index in [9.17, 15) is 0 Å². The Hall–Kier alpha value is -1.88. The smallest absolute Gasteiger partial charge is 0.229 e. The molecule has 2 aromatic rings. The second-order valence-electron chi connectivity index (χ2n) is 5.02. The number of ether oxygens (including phenoxy) is 1. The van der Waals surface area contributed by atoms with E-state index in [4.69, 9.17) is 15.0 Å². The molecule has 1 aliphatic carbocycles. The fourth-order valence-corrected chi connectivity index (χ4v) is 2.44. The fraction of sp³-hybridized carbons (Fsp3) is 0.429. The maximum atomic E-state index is 5.91. The van der Waals surface area contributed by atoms with Gasteiger partial charge >= 0.3 is 0 Å². The average Bonchev–Trinajstić information content (AvgIpc) is 2.83. The van der Waals surface area contributed by atoms with Gasteiger partial charge in [0.2, 0.25) is 11.7 Å². The number of nitrogens with two attached hydrogens (primary N) is 1. The van der Waals surface area contributed by atoms with Crippen molar-refractivity contribution in [1.29, 1.82) is 0 Å². The zero-order chi connectivity index (χ0) is 13.3. The first-order valence-electron chi connectivity index (χ1n) is 6.45. The molecule has 0 unspecified atom stereocenters. The van der Waals surface area contributed by atoms with Gasteiger partial charge in [0.15, 0.2) is 0 Å². The number of nitrogen functional groups attached to an aromatic ring is 1. The van der Waals surface area contributed by atoms with Gasteiger partial charge in [0.25, 0.3) is 0 Å². The third-order valence-electron chi connectivity index (χ3n) is 3.84. The topological polar surface area (TPSA) is 74.2 Å². The van der Waals surface area contributed by atoms with Gasteiger partial charge in [-0.25, -0.2) is 0 Å². The van der Waals surface area contributed by atoms with Gasteiger partial charge in [-0.05, 0) is 31.4 Å². The van der Waals surface area contributed by atoms with Gasteiger partial charge in [-0.1, -0.05) is 17.3 Å². The number of nitrogens with zero attached hydrogens (tertiary/aromatic N) is 2. The normalized spacial score (nSPS) is 17.1. The highest BCUT2D eigenvalue weighted by Gasteiger charge is 2.38. The summed E-state index contributed by atoms with van der Waals surface area (Å²) in [5.41, 5.74) is 7.26. The van der Waals surface area contributed by atoms with Crippen LogP contribution in [0, 0.1) is 0 Å². The molecule has 1 saturated carbocycles. The standard InChI is InChI=1S/C14H17N3O2/c1-18-14(7-4-8-14)9-12-16-13(17-19-12)10-5-2-3-6-11(10)15/h2-3,5-6H,4,7-9,15H2,1H3. The van der Waals surface area contributed by atoms with E-state index in [0.29, 0.717) is 23.8 Å². The van der Waals surface area contributed by atoms with Gasteiger partial charge in [0.05, 0.1) is 12.0 Å². The number of para-hydroxylation sites is 1. The Balaban J connectivity index is 1.82. The highest BCUT2D eigenvalue weighted by Crippen LogP contribution is 2.38. The molecule has 0 aliphatic heterocycles. The molecule has 0 radical (unpaired) electrons. The summed E-state index contributed by atoms with van der Waals surface area (Å²) in [6.07, 6.45) is 3.97. The Kier molecular flexibility index (Phi) is 2.98. The Bertz CT molecular complexity index is 570. The molecule has 0 bridgehead atoms.